The molecule has 1 aromatic carbocycles. The maximum Gasteiger partial charge on any atom is 0.0587 e. The molecule has 0 aliphatic rings. The van der Waals surface area contributed by atoms with Crippen LogP contribution in [0.1, 0.15) is 44.9 Å². The minimum Gasteiger partial charge on any atom is -0.395 e. The Morgan fingerprint density at radius 3 is 2.12 bits per heavy atom. The number of aliphatic hydroxyl groups excluding tert-OH is 1. The average Bonchev–Trinajstić information content (AvgIpc) is 2.35. The first-order valence-corrected chi connectivity index (χ1v) is 6.54. The standard InChI is InChI=1S/C15H25NO/c1-5-13-6-8-14(9-7-13)12(4)16-15(10-17)11(2)3/h6-9,11-12,15-17H,5,10H2,1-4H3. The van der Waals surface area contributed by atoms with Crippen LogP contribution in [0.25, 0.3) is 0 Å². The highest BCUT2D eigenvalue weighted by molar-refractivity contribution is 5.24. The molecule has 2 unspecified atom stereocenters. The van der Waals surface area contributed by atoms with Gasteiger partial charge in [0.05, 0.1) is 6.61 Å². The van der Waals surface area contributed by atoms with Crippen molar-refractivity contribution in [2.45, 2.75) is 46.2 Å². The monoisotopic (exact) mass is 235 g/mol. The molecule has 0 amide bonds. The Kier molecular flexibility index (Phi) is 5.66. The second-order valence-corrected chi connectivity index (χ2v) is 5.02. The van der Waals surface area contributed by atoms with Gasteiger partial charge >= 0.3 is 0 Å². The minimum absolute atomic E-state index is 0.163. The van der Waals surface area contributed by atoms with Crippen molar-refractivity contribution >= 4 is 0 Å². The first-order valence-electron chi connectivity index (χ1n) is 6.54. The van der Waals surface area contributed by atoms with Gasteiger partial charge in [0.25, 0.3) is 0 Å². The summed E-state index contributed by atoms with van der Waals surface area (Å²) in [7, 11) is 0. The number of benzene rings is 1. The molecule has 0 aliphatic heterocycles. The Hall–Kier alpha value is -0.860. The van der Waals surface area contributed by atoms with E-state index >= 15 is 0 Å². The second-order valence-electron chi connectivity index (χ2n) is 5.02. The maximum atomic E-state index is 9.31. The summed E-state index contributed by atoms with van der Waals surface area (Å²) in [5.74, 6) is 0.442. The molecule has 0 bridgehead atoms. The van der Waals surface area contributed by atoms with Crippen molar-refractivity contribution < 1.29 is 5.11 Å². The molecular weight excluding hydrogens is 210 g/mol. The van der Waals surface area contributed by atoms with Crippen molar-refractivity contribution in [3.63, 3.8) is 0 Å². The van der Waals surface area contributed by atoms with E-state index in [2.05, 4.69) is 57.3 Å². The largest absolute Gasteiger partial charge is 0.395 e. The number of nitrogens with one attached hydrogen (secondary N) is 1. The van der Waals surface area contributed by atoms with E-state index in [4.69, 9.17) is 0 Å². The summed E-state index contributed by atoms with van der Waals surface area (Å²) in [6.07, 6.45) is 1.08. The van der Waals surface area contributed by atoms with Crippen LogP contribution in [-0.4, -0.2) is 17.8 Å². The molecule has 0 aromatic heterocycles. The topological polar surface area (TPSA) is 32.3 Å². The molecule has 2 atom stereocenters. The molecule has 2 N–H and O–H groups in total. The molecule has 1 rings (SSSR count). The van der Waals surface area contributed by atoms with Crippen molar-refractivity contribution in [2.24, 2.45) is 5.92 Å². The Morgan fingerprint density at radius 2 is 1.71 bits per heavy atom. The van der Waals surface area contributed by atoms with Crippen molar-refractivity contribution in [3.8, 4) is 0 Å². The zero-order chi connectivity index (χ0) is 12.8. The predicted octanol–water partition coefficient (Wildman–Crippen LogP) is 2.92. The van der Waals surface area contributed by atoms with Crippen molar-refractivity contribution in [2.75, 3.05) is 6.61 Å². The summed E-state index contributed by atoms with van der Waals surface area (Å²) >= 11 is 0. The van der Waals surface area contributed by atoms with Crippen molar-refractivity contribution in [3.05, 3.63) is 35.4 Å². The molecule has 96 valence electrons. The Labute approximate surface area is 105 Å². The number of rotatable bonds is 6. The van der Waals surface area contributed by atoms with Gasteiger partial charge in [-0.3, -0.25) is 0 Å². The van der Waals surface area contributed by atoms with Gasteiger partial charge in [-0.05, 0) is 30.4 Å². The van der Waals surface area contributed by atoms with E-state index in [0.29, 0.717) is 5.92 Å². The van der Waals surface area contributed by atoms with Crippen molar-refractivity contribution in [1.82, 2.24) is 5.32 Å². The summed E-state index contributed by atoms with van der Waals surface area (Å²) < 4.78 is 0. The molecule has 2 nitrogen and oxygen atoms in total. The van der Waals surface area contributed by atoms with Gasteiger partial charge in [0, 0.05) is 12.1 Å². The van der Waals surface area contributed by atoms with Gasteiger partial charge in [-0.2, -0.15) is 0 Å². The molecule has 0 spiro atoms. The van der Waals surface area contributed by atoms with Crippen LogP contribution in [0.2, 0.25) is 0 Å². The van der Waals surface area contributed by atoms with Gasteiger partial charge in [0.1, 0.15) is 0 Å². The Balaban J connectivity index is 2.65. The lowest BCUT2D eigenvalue weighted by atomic mass is 10.0. The third-order valence-corrected chi connectivity index (χ3v) is 3.35. The summed E-state index contributed by atoms with van der Waals surface area (Å²) in [5.41, 5.74) is 2.64. The quantitative estimate of drug-likeness (QED) is 0.794. The van der Waals surface area contributed by atoms with Gasteiger partial charge in [-0.25, -0.2) is 0 Å². The number of hydrogen-bond acceptors (Lipinski definition) is 2. The van der Waals surface area contributed by atoms with Crippen molar-refractivity contribution in [1.29, 1.82) is 0 Å². The van der Waals surface area contributed by atoms with E-state index in [9.17, 15) is 5.11 Å². The Bertz CT molecular complexity index is 318. The lowest BCUT2D eigenvalue weighted by molar-refractivity contribution is 0.201. The fraction of sp³-hybridized carbons (Fsp3) is 0.600. The average molecular weight is 235 g/mol. The van der Waals surface area contributed by atoms with Gasteiger partial charge in [0.2, 0.25) is 0 Å². The molecule has 0 saturated heterocycles. The lowest BCUT2D eigenvalue weighted by Crippen LogP contribution is -2.38. The van der Waals surface area contributed by atoms with Gasteiger partial charge in [0.15, 0.2) is 0 Å². The van der Waals surface area contributed by atoms with Crippen LogP contribution in [0.4, 0.5) is 0 Å². The van der Waals surface area contributed by atoms with Crippen LogP contribution >= 0.6 is 0 Å². The number of aryl methyl sites for hydroxylation is 1. The van der Waals surface area contributed by atoms with E-state index in [1.807, 2.05) is 0 Å². The SMILES string of the molecule is CCc1ccc(C(C)NC(CO)C(C)C)cc1. The fourth-order valence-electron chi connectivity index (χ4n) is 1.92. The molecule has 2 heteroatoms. The summed E-state index contributed by atoms with van der Waals surface area (Å²) in [6.45, 7) is 8.75. The van der Waals surface area contributed by atoms with Gasteiger partial charge in [-0.15, -0.1) is 0 Å². The van der Waals surface area contributed by atoms with Crippen LogP contribution in [-0.2, 0) is 6.42 Å². The molecule has 1 aromatic rings. The molecule has 17 heavy (non-hydrogen) atoms. The third-order valence-electron chi connectivity index (χ3n) is 3.35. The van der Waals surface area contributed by atoms with Crippen LogP contribution in [0.3, 0.4) is 0 Å². The van der Waals surface area contributed by atoms with E-state index in [1.165, 1.54) is 11.1 Å². The molecule has 0 saturated carbocycles. The summed E-state index contributed by atoms with van der Waals surface area (Å²) in [6, 6.07) is 9.14. The number of aliphatic hydroxyl groups is 1. The zero-order valence-electron chi connectivity index (χ0n) is 11.4. The minimum atomic E-state index is 0.163. The smallest absolute Gasteiger partial charge is 0.0587 e. The Morgan fingerprint density at radius 1 is 1.12 bits per heavy atom. The van der Waals surface area contributed by atoms with Crippen LogP contribution in [0, 0.1) is 5.92 Å². The van der Waals surface area contributed by atoms with Crippen LogP contribution in [0.15, 0.2) is 24.3 Å². The molecule has 0 radical (unpaired) electrons. The van der Waals surface area contributed by atoms with Crippen LogP contribution < -0.4 is 5.32 Å². The van der Waals surface area contributed by atoms with Gasteiger partial charge < -0.3 is 10.4 Å². The molecule has 0 heterocycles. The van der Waals surface area contributed by atoms with E-state index in [-0.39, 0.29) is 18.7 Å². The summed E-state index contributed by atoms with van der Waals surface area (Å²) in [5, 5.41) is 12.8. The number of hydrogen-bond donors (Lipinski definition) is 2. The fourth-order valence-corrected chi connectivity index (χ4v) is 1.92. The first kappa shape index (κ1) is 14.2. The zero-order valence-corrected chi connectivity index (χ0v) is 11.4. The first-order chi connectivity index (χ1) is 8.08. The third kappa shape index (κ3) is 4.14. The lowest BCUT2D eigenvalue weighted by Gasteiger charge is -2.25. The molecule has 0 aliphatic carbocycles. The molecule has 0 fully saturated rings. The normalized spacial score (nSPS) is 14.9. The van der Waals surface area contributed by atoms with E-state index in [0.717, 1.165) is 6.42 Å². The highest BCUT2D eigenvalue weighted by atomic mass is 16.3. The predicted molar refractivity (Wildman–Crippen MR) is 73.1 cm³/mol. The van der Waals surface area contributed by atoms with E-state index in [1.54, 1.807) is 0 Å². The second kappa shape index (κ2) is 6.77. The highest BCUT2D eigenvalue weighted by Crippen LogP contribution is 2.16. The summed E-state index contributed by atoms with van der Waals surface area (Å²) in [4.78, 5) is 0. The van der Waals surface area contributed by atoms with Gasteiger partial charge in [-0.1, -0.05) is 45.0 Å². The maximum absolute atomic E-state index is 9.31. The van der Waals surface area contributed by atoms with Crippen LogP contribution in [0.5, 0.6) is 0 Å². The molecular formula is C15H25NO. The van der Waals surface area contributed by atoms with E-state index < -0.39 is 0 Å². The highest BCUT2D eigenvalue weighted by Gasteiger charge is 2.15.